The first kappa shape index (κ1) is 17.4. The standard InChI is InChI=1S/C16H20BrNO3/c1-11(2)10-18-16(20)12(3)21-15(19)9-6-13-4-7-14(17)8-5-13/h4-9,11-12H,10H2,1-3H3,(H,18,20)/b9-6+/t12-/m0/s1. The molecule has 1 atom stereocenters. The van der Waals surface area contributed by atoms with Crippen molar-refractivity contribution in [3.8, 4) is 0 Å². The van der Waals surface area contributed by atoms with Crippen molar-refractivity contribution in [3.63, 3.8) is 0 Å². The van der Waals surface area contributed by atoms with Crippen molar-refractivity contribution < 1.29 is 14.3 Å². The fraction of sp³-hybridized carbons (Fsp3) is 0.375. The van der Waals surface area contributed by atoms with Crippen LogP contribution in [0.4, 0.5) is 0 Å². The maximum Gasteiger partial charge on any atom is 0.331 e. The van der Waals surface area contributed by atoms with Crippen molar-refractivity contribution >= 4 is 33.9 Å². The number of halogens is 1. The smallest absolute Gasteiger partial charge is 0.331 e. The second kappa shape index (κ2) is 8.62. The summed E-state index contributed by atoms with van der Waals surface area (Å²) in [6.45, 7) is 6.12. The van der Waals surface area contributed by atoms with Gasteiger partial charge in [0, 0.05) is 17.1 Å². The molecule has 5 heteroatoms. The van der Waals surface area contributed by atoms with Crippen molar-refractivity contribution in [3.05, 3.63) is 40.4 Å². The molecule has 0 aliphatic heterocycles. The Hall–Kier alpha value is -1.62. The number of benzene rings is 1. The zero-order valence-corrected chi connectivity index (χ0v) is 14.0. The second-order valence-electron chi connectivity index (χ2n) is 5.10. The summed E-state index contributed by atoms with van der Waals surface area (Å²) in [7, 11) is 0. The van der Waals surface area contributed by atoms with Gasteiger partial charge in [0.1, 0.15) is 0 Å². The summed E-state index contributed by atoms with van der Waals surface area (Å²) >= 11 is 3.34. The van der Waals surface area contributed by atoms with E-state index in [4.69, 9.17) is 4.74 Å². The minimum Gasteiger partial charge on any atom is -0.449 e. The van der Waals surface area contributed by atoms with Crippen molar-refractivity contribution in [2.45, 2.75) is 26.9 Å². The van der Waals surface area contributed by atoms with E-state index in [1.54, 1.807) is 13.0 Å². The molecule has 0 fully saturated rings. The van der Waals surface area contributed by atoms with Gasteiger partial charge < -0.3 is 10.1 Å². The van der Waals surface area contributed by atoms with E-state index >= 15 is 0 Å². The van der Waals surface area contributed by atoms with Crippen LogP contribution in [0.15, 0.2) is 34.8 Å². The van der Waals surface area contributed by atoms with Gasteiger partial charge in [-0.15, -0.1) is 0 Å². The van der Waals surface area contributed by atoms with Gasteiger partial charge in [0.2, 0.25) is 0 Å². The van der Waals surface area contributed by atoms with Gasteiger partial charge in [-0.2, -0.15) is 0 Å². The van der Waals surface area contributed by atoms with E-state index in [9.17, 15) is 9.59 Å². The van der Waals surface area contributed by atoms with Gasteiger partial charge in [0.25, 0.3) is 5.91 Å². The fourth-order valence-corrected chi connectivity index (χ4v) is 1.72. The number of carbonyl (C=O) groups is 2. The molecule has 0 aliphatic rings. The molecule has 1 aromatic carbocycles. The van der Waals surface area contributed by atoms with Crippen molar-refractivity contribution in [1.29, 1.82) is 0 Å². The molecule has 0 saturated heterocycles. The van der Waals surface area contributed by atoms with Gasteiger partial charge in [0.05, 0.1) is 0 Å². The highest BCUT2D eigenvalue weighted by Crippen LogP contribution is 2.11. The van der Waals surface area contributed by atoms with Crippen LogP contribution in [-0.4, -0.2) is 24.5 Å². The second-order valence-corrected chi connectivity index (χ2v) is 6.02. The largest absolute Gasteiger partial charge is 0.449 e. The zero-order valence-electron chi connectivity index (χ0n) is 12.4. The Kier molecular flexibility index (Phi) is 7.15. The van der Waals surface area contributed by atoms with Crippen molar-refractivity contribution in [2.75, 3.05) is 6.54 Å². The lowest BCUT2D eigenvalue weighted by Crippen LogP contribution is -2.37. The van der Waals surface area contributed by atoms with Crippen LogP contribution in [-0.2, 0) is 14.3 Å². The highest BCUT2D eigenvalue weighted by Gasteiger charge is 2.16. The van der Waals surface area contributed by atoms with Gasteiger partial charge >= 0.3 is 5.97 Å². The molecule has 1 aromatic rings. The van der Waals surface area contributed by atoms with E-state index in [0.29, 0.717) is 12.5 Å². The molecular formula is C16H20BrNO3. The molecule has 0 heterocycles. The van der Waals surface area contributed by atoms with E-state index in [2.05, 4.69) is 21.2 Å². The van der Waals surface area contributed by atoms with Crippen molar-refractivity contribution in [1.82, 2.24) is 5.32 Å². The van der Waals surface area contributed by atoms with E-state index < -0.39 is 12.1 Å². The number of nitrogens with one attached hydrogen (secondary N) is 1. The molecule has 0 bridgehead atoms. The molecule has 0 radical (unpaired) electrons. The SMILES string of the molecule is CC(C)CNC(=O)[C@H](C)OC(=O)/C=C/c1ccc(Br)cc1. The molecule has 114 valence electrons. The summed E-state index contributed by atoms with van der Waals surface area (Å²) in [4.78, 5) is 23.3. The van der Waals surface area contributed by atoms with Crippen LogP contribution in [0.2, 0.25) is 0 Å². The minimum absolute atomic E-state index is 0.283. The molecule has 1 amide bonds. The van der Waals surface area contributed by atoms with Crippen LogP contribution in [0.1, 0.15) is 26.3 Å². The zero-order chi connectivity index (χ0) is 15.8. The molecule has 21 heavy (non-hydrogen) atoms. The Balaban J connectivity index is 2.45. The lowest BCUT2D eigenvalue weighted by Gasteiger charge is -2.13. The number of amides is 1. The predicted molar refractivity (Wildman–Crippen MR) is 86.6 cm³/mol. The van der Waals surface area contributed by atoms with Crippen LogP contribution in [0.3, 0.4) is 0 Å². The van der Waals surface area contributed by atoms with Crippen LogP contribution >= 0.6 is 15.9 Å². The van der Waals surface area contributed by atoms with E-state index in [1.807, 2.05) is 38.1 Å². The Bertz CT molecular complexity index is 509. The van der Waals surface area contributed by atoms with Crippen molar-refractivity contribution in [2.24, 2.45) is 5.92 Å². The number of ether oxygens (including phenoxy) is 1. The van der Waals surface area contributed by atoms with Crippen LogP contribution in [0.25, 0.3) is 6.08 Å². The summed E-state index contributed by atoms with van der Waals surface area (Å²) in [5, 5.41) is 2.72. The number of hydrogen-bond donors (Lipinski definition) is 1. The Morgan fingerprint density at radius 2 is 1.86 bits per heavy atom. The van der Waals surface area contributed by atoms with E-state index in [-0.39, 0.29) is 5.91 Å². The average molecular weight is 354 g/mol. The highest BCUT2D eigenvalue weighted by atomic mass is 79.9. The Labute approximate surface area is 133 Å². The van der Waals surface area contributed by atoms with Gasteiger partial charge in [-0.3, -0.25) is 4.79 Å². The first-order valence-electron chi connectivity index (χ1n) is 6.80. The molecule has 0 aliphatic carbocycles. The predicted octanol–water partition coefficient (Wildman–Crippen LogP) is 3.17. The molecule has 0 saturated carbocycles. The molecule has 4 nitrogen and oxygen atoms in total. The Morgan fingerprint density at radius 1 is 1.24 bits per heavy atom. The lowest BCUT2D eigenvalue weighted by atomic mass is 10.2. The first-order chi connectivity index (χ1) is 9.88. The van der Waals surface area contributed by atoms with Gasteiger partial charge in [-0.05, 0) is 36.6 Å². The van der Waals surface area contributed by atoms with Crippen LogP contribution < -0.4 is 5.32 Å². The minimum atomic E-state index is -0.800. The van der Waals surface area contributed by atoms with Gasteiger partial charge in [-0.1, -0.05) is 41.9 Å². The summed E-state index contributed by atoms with van der Waals surface area (Å²) in [6, 6.07) is 7.50. The highest BCUT2D eigenvalue weighted by molar-refractivity contribution is 9.10. The number of hydrogen-bond acceptors (Lipinski definition) is 3. The number of carbonyl (C=O) groups excluding carboxylic acids is 2. The van der Waals surface area contributed by atoms with Crippen LogP contribution in [0.5, 0.6) is 0 Å². The summed E-state index contributed by atoms with van der Waals surface area (Å²) in [6.07, 6.45) is 2.16. The number of rotatable bonds is 6. The summed E-state index contributed by atoms with van der Waals surface area (Å²) in [5.41, 5.74) is 0.882. The first-order valence-corrected chi connectivity index (χ1v) is 7.59. The monoisotopic (exact) mass is 353 g/mol. The van der Waals surface area contributed by atoms with Crippen LogP contribution in [0, 0.1) is 5.92 Å². The number of esters is 1. The molecular weight excluding hydrogens is 334 g/mol. The summed E-state index contributed by atoms with van der Waals surface area (Å²) in [5.74, 6) is -0.464. The maximum absolute atomic E-state index is 11.7. The topological polar surface area (TPSA) is 55.4 Å². The molecule has 1 N–H and O–H groups in total. The molecule has 0 aromatic heterocycles. The summed E-state index contributed by atoms with van der Waals surface area (Å²) < 4.78 is 6.01. The van der Waals surface area contributed by atoms with E-state index in [1.165, 1.54) is 6.08 Å². The molecule has 0 spiro atoms. The molecule has 0 unspecified atom stereocenters. The van der Waals surface area contributed by atoms with Gasteiger partial charge in [-0.25, -0.2) is 4.79 Å². The van der Waals surface area contributed by atoms with Gasteiger partial charge in [0.15, 0.2) is 6.10 Å². The quantitative estimate of drug-likeness (QED) is 0.631. The Morgan fingerprint density at radius 3 is 2.43 bits per heavy atom. The molecule has 1 rings (SSSR count). The van der Waals surface area contributed by atoms with E-state index in [0.717, 1.165) is 10.0 Å². The maximum atomic E-state index is 11.7. The average Bonchev–Trinajstić information content (AvgIpc) is 2.44. The normalized spacial score (nSPS) is 12.4. The fourth-order valence-electron chi connectivity index (χ4n) is 1.45. The third kappa shape index (κ3) is 7.09. The lowest BCUT2D eigenvalue weighted by molar-refractivity contribution is -0.150. The third-order valence-corrected chi connectivity index (χ3v) is 3.16. The third-order valence-electron chi connectivity index (χ3n) is 2.63.